The molecule has 6 heteroatoms. The fourth-order valence-electron chi connectivity index (χ4n) is 3.80. The average Bonchev–Trinajstić information content (AvgIpc) is 2.76. The molecule has 2 aromatic heterocycles. The third-order valence-electron chi connectivity index (χ3n) is 5.64. The first-order valence-corrected chi connectivity index (χ1v) is 10.9. The Balaban J connectivity index is 1.47. The van der Waals surface area contributed by atoms with Crippen LogP contribution in [-0.2, 0) is 6.54 Å². The Morgan fingerprint density at radius 2 is 1.77 bits per heavy atom. The van der Waals surface area contributed by atoms with Gasteiger partial charge in [0, 0.05) is 36.6 Å². The van der Waals surface area contributed by atoms with Crippen molar-refractivity contribution in [3.05, 3.63) is 71.0 Å². The van der Waals surface area contributed by atoms with E-state index in [-0.39, 0.29) is 0 Å². The number of hydrogen-bond donors (Lipinski definition) is 3. The van der Waals surface area contributed by atoms with Gasteiger partial charge in [0.15, 0.2) is 0 Å². The quantitative estimate of drug-likeness (QED) is 0.496. The number of hydrogen-bond acceptors (Lipinski definition) is 5. The van der Waals surface area contributed by atoms with Crippen LogP contribution in [0.2, 0.25) is 5.02 Å². The lowest BCUT2D eigenvalue weighted by Gasteiger charge is -2.27. The van der Waals surface area contributed by atoms with Gasteiger partial charge in [-0.15, -0.1) is 0 Å². The van der Waals surface area contributed by atoms with Crippen molar-refractivity contribution in [1.82, 2.24) is 9.97 Å². The van der Waals surface area contributed by atoms with E-state index in [0.29, 0.717) is 17.1 Å². The first-order valence-electron chi connectivity index (χ1n) is 10.5. The van der Waals surface area contributed by atoms with Gasteiger partial charge in [0.2, 0.25) is 0 Å². The Kier molecular flexibility index (Phi) is 6.50. The van der Waals surface area contributed by atoms with Gasteiger partial charge in [-0.1, -0.05) is 41.4 Å². The van der Waals surface area contributed by atoms with Crippen molar-refractivity contribution in [3.63, 3.8) is 0 Å². The molecular weight excluding hydrogens is 394 g/mol. The van der Waals surface area contributed by atoms with E-state index < -0.39 is 0 Å². The summed E-state index contributed by atoms with van der Waals surface area (Å²) in [5, 5.41) is 7.57. The summed E-state index contributed by atoms with van der Waals surface area (Å²) < 4.78 is 0. The lowest BCUT2D eigenvalue weighted by Crippen LogP contribution is -2.33. The Labute approximate surface area is 183 Å². The van der Waals surface area contributed by atoms with Crippen LogP contribution >= 0.6 is 11.6 Å². The Hall–Kier alpha value is -2.63. The van der Waals surface area contributed by atoms with Crippen LogP contribution in [0.25, 0.3) is 11.1 Å². The van der Waals surface area contributed by atoms with Gasteiger partial charge in [-0.05, 0) is 61.9 Å². The van der Waals surface area contributed by atoms with Crippen molar-refractivity contribution in [2.75, 3.05) is 10.6 Å². The van der Waals surface area contributed by atoms with Crippen LogP contribution in [0.15, 0.2) is 54.9 Å². The second kappa shape index (κ2) is 9.45. The summed E-state index contributed by atoms with van der Waals surface area (Å²) in [7, 11) is 0. The summed E-state index contributed by atoms with van der Waals surface area (Å²) in [6.07, 6.45) is 7.77. The Bertz CT molecular complexity index is 981. The maximum Gasteiger partial charge on any atom is 0.126 e. The molecule has 0 saturated heterocycles. The second-order valence-electron chi connectivity index (χ2n) is 8.07. The molecule has 2 heterocycles. The molecule has 0 unspecified atom stereocenters. The van der Waals surface area contributed by atoms with E-state index in [2.05, 4.69) is 51.8 Å². The van der Waals surface area contributed by atoms with Crippen LogP contribution in [0.4, 0.5) is 11.6 Å². The van der Waals surface area contributed by atoms with E-state index >= 15 is 0 Å². The number of aromatic nitrogens is 2. The van der Waals surface area contributed by atoms with Gasteiger partial charge in [-0.25, -0.2) is 9.97 Å². The number of anilines is 2. The number of nitrogens with one attached hydrogen (secondary N) is 2. The lowest BCUT2D eigenvalue weighted by molar-refractivity contribution is 0.410. The van der Waals surface area contributed by atoms with Crippen molar-refractivity contribution in [3.8, 4) is 11.1 Å². The number of nitrogens with two attached hydrogens (primary N) is 1. The molecule has 0 aliphatic heterocycles. The molecule has 0 amide bonds. The molecule has 4 rings (SSSR count). The standard InChI is InChI=1S/C24H28ClN5/c1-16-2-4-17(5-3-16)14-28-23-12-18(10-11-27-23)21-13-24(29-15-22(21)25)30-20-8-6-19(26)7-9-20/h2-5,10-13,15,19-20H,6-9,14,26H2,1H3,(H,27,28)(H,29,30)/t19-,20-. The molecule has 0 bridgehead atoms. The molecule has 0 spiro atoms. The van der Waals surface area contributed by atoms with Gasteiger partial charge in [0.1, 0.15) is 11.6 Å². The summed E-state index contributed by atoms with van der Waals surface area (Å²) in [5.41, 5.74) is 10.5. The highest BCUT2D eigenvalue weighted by atomic mass is 35.5. The van der Waals surface area contributed by atoms with Crippen molar-refractivity contribution in [2.45, 2.75) is 51.2 Å². The van der Waals surface area contributed by atoms with Gasteiger partial charge < -0.3 is 16.4 Å². The largest absolute Gasteiger partial charge is 0.367 e. The van der Waals surface area contributed by atoms with Gasteiger partial charge in [-0.3, -0.25) is 0 Å². The molecule has 1 fully saturated rings. The number of benzene rings is 1. The minimum Gasteiger partial charge on any atom is -0.367 e. The number of halogens is 1. The van der Waals surface area contributed by atoms with Gasteiger partial charge in [0.25, 0.3) is 0 Å². The van der Waals surface area contributed by atoms with Crippen molar-refractivity contribution in [2.24, 2.45) is 5.73 Å². The highest BCUT2D eigenvalue weighted by molar-refractivity contribution is 6.33. The maximum atomic E-state index is 6.49. The van der Waals surface area contributed by atoms with E-state index in [1.165, 1.54) is 11.1 Å². The van der Waals surface area contributed by atoms with Crippen LogP contribution < -0.4 is 16.4 Å². The molecule has 30 heavy (non-hydrogen) atoms. The number of aryl methyl sites for hydroxylation is 1. The fraction of sp³-hybridized carbons (Fsp3) is 0.333. The second-order valence-corrected chi connectivity index (χ2v) is 8.48. The molecule has 3 aromatic rings. The highest BCUT2D eigenvalue weighted by Crippen LogP contribution is 2.31. The summed E-state index contributed by atoms with van der Waals surface area (Å²) >= 11 is 6.49. The SMILES string of the molecule is Cc1ccc(CNc2cc(-c3cc(N[C@H]4CC[C@H](N)CC4)ncc3Cl)ccn2)cc1. The van der Waals surface area contributed by atoms with E-state index in [4.69, 9.17) is 17.3 Å². The summed E-state index contributed by atoms with van der Waals surface area (Å²) in [6.45, 7) is 2.81. The number of nitrogens with zero attached hydrogens (tertiary/aromatic N) is 2. The van der Waals surface area contributed by atoms with Gasteiger partial charge >= 0.3 is 0 Å². The van der Waals surface area contributed by atoms with Crippen molar-refractivity contribution >= 4 is 23.2 Å². The van der Waals surface area contributed by atoms with Crippen LogP contribution in [-0.4, -0.2) is 22.1 Å². The van der Waals surface area contributed by atoms with Crippen LogP contribution in [0, 0.1) is 6.92 Å². The zero-order valence-corrected chi connectivity index (χ0v) is 18.0. The Morgan fingerprint density at radius 1 is 1.00 bits per heavy atom. The van der Waals surface area contributed by atoms with Gasteiger partial charge in [-0.2, -0.15) is 0 Å². The van der Waals surface area contributed by atoms with E-state index in [1.807, 2.05) is 18.2 Å². The van der Waals surface area contributed by atoms with E-state index in [0.717, 1.165) is 55.0 Å². The van der Waals surface area contributed by atoms with Crippen LogP contribution in [0.3, 0.4) is 0 Å². The lowest BCUT2D eigenvalue weighted by atomic mass is 9.92. The minimum atomic E-state index is 0.333. The van der Waals surface area contributed by atoms with Crippen LogP contribution in [0.5, 0.6) is 0 Å². The molecule has 0 radical (unpaired) electrons. The van der Waals surface area contributed by atoms with Crippen molar-refractivity contribution < 1.29 is 0 Å². The molecular formula is C24H28ClN5. The smallest absolute Gasteiger partial charge is 0.126 e. The molecule has 1 aromatic carbocycles. The predicted octanol–water partition coefficient (Wildman–Crippen LogP) is 5.40. The topological polar surface area (TPSA) is 75.9 Å². The number of pyridine rings is 2. The maximum absolute atomic E-state index is 6.49. The predicted molar refractivity (Wildman–Crippen MR) is 125 cm³/mol. The zero-order chi connectivity index (χ0) is 20.9. The molecule has 1 aliphatic rings. The fourth-order valence-corrected chi connectivity index (χ4v) is 4.02. The highest BCUT2D eigenvalue weighted by Gasteiger charge is 2.19. The number of rotatable bonds is 6. The first-order chi connectivity index (χ1) is 14.6. The molecule has 156 valence electrons. The van der Waals surface area contributed by atoms with Crippen molar-refractivity contribution in [1.29, 1.82) is 0 Å². The molecule has 1 saturated carbocycles. The van der Waals surface area contributed by atoms with Crippen LogP contribution in [0.1, 0.15) is 36.8 Å². The zero-order valence-electron chi connectivity index (χ0n) is 17.2. The monoisotopic (exact) mass is 421 g/mol. The Morgan fingerprint density at radius 3 is 2.53 bits per heavy atom. The molecule has 5 nitrogen and oxygen atoms in total. The average molecular weight is 422 g/mol. The van der Waals surface area contributed by atoms with E-state index in [1.54, 1.807) is 12.4 Å². The van der Waals surface area contributed by atoms with Gasteiger partial charge in [0.05, 0.1) is 5.02 Å². The third-order valence-corrected chi connectivity index (χ3v) is 5.95. The molecule has 4 N–H and O–H groups in total. The third kappa shape index (κ3) is 5.29. The summed E-state index contributed by atoms with van der Waals surface area (Å²) in [6, 6.07) is 15.3. The molecule has 1 aliphatic carbocycles. The summed E-state index contributed by atoms with van der Waals surface area (Å²) in [4.78, 5) is 8.93. The normalized spacial score (nSPS) is 18.8. The van der Waals surface area contributed by atoms with E-state index in [9.17, 15) is 0 Å². The summed E-state index contributed by atoms with van der Waals surface area (Å²) in [5.74, 6) is 1.66. The molecule has 0 atom stereocenters. The minimum absolute atomic E-state index is 0.333. The first kappa shape index (κ1) is 20.6.